The predicted octanol–water partition coefficient (Wildman–Crippen LogP) is 1.10. The van der Waals surface area contributed by atoms with E-state index in [1.54, 1.807) is 13.0 Å². The van der Waals surface area contributed by atoms with Gasteiger partial charge in [-0.1, -0.05) is 12.7 Å². The van der Waals surface area contributed by atoms with Crippen molar-refractivity contribution in [2.75, 3.05) is 0 Å². The lowest BCUT2D eigenvalue weighted by Gasteiger charge is -2.03. The van der Waals surface area contributed by atoms with Crippen molar-refractivity contribution in [3.8, 4) is 0 Å². The summed E-state index contributed by atoms with van der Waals surface area (Å²) in [5.74, 6) is -1.03. The first-order chi connectivity index (χ1) is 4.57. The van der Waals surface area contributed by atoms with Gasteiger partial charge in [-0.25, -0.2) is 4.79 Å². The van der Waals surface area contributed by atoms with Crippen LogP contribution in [0, 0.1) is 0 Å². The molecule has 10 heavy (non-hydrogen) atoms. The molecule has 0 radical (unpaired) electrons. The van der Waals surface area contributed by atoms with Gasteiger partial charge < -0.3 is 10.4 Å². The zero-order valence-electron chi connectivity index (χ0n) is 6.14. The summed E-state index contributed by atoms with van der Waals surface area (Å²) in [6.45, 7) is 6.88. The first-order valence-corrected chi connectivity index (χ1v) is 2.90. The summed E-state index contributed by atoms with van der Waals surface area (Å²) in [5, 5.41) is 10.9. The monoisotopic (exact) mass is 141 g/mol. The van der Waals surface area contributed by atoms with Gasteiger partial charge >= 0.3 is 5.97 Å². The number of carbonyl (C=O) groups is 1. The van der Waals surface area contributed by atoms with Crippen molar-refractivity contribution in [2.24, 2.45) is 0 Å². The molecule has 0 spiro atoms. The number of carboxylic acids is 1. The van der Waals surface area contributed by atoms with E-state index in [4.69, 9.17) is 5.11 Å². The third kappa shape index (κ3) is 2.91. The summed E-state index contributed by atoms with van der Waals surface area (Å²) in [6.07, 6.45) is 1.77. The van der Waals surface area contributed by atoms with Gasteiger partial charge in [-0.2, -0.15) is 0 Å². The minimum absolute atomic E-state index is 0.00407. The lowest BCUT2D eigenvalue weighted by Crippen LogP contribution is -2.16. The Morgan fingerprint density at radius 1 is 1.70 bits per heavy atom. The van der Waals surface area contributed by atoms with Crippen LogP contribution in [-0.2, 0) is 4.79 Å². The maximum Gasteiger partial charge on any atom is 0.351 e. The smallest absolute Gasteiger partial charge is 0.351 e. The molecule has 0 aliphatic rings. The average molecular weight is 141 g/mol. The summed E-state index contributed by atoms with van der Waals surface area (Å²) in [7, 11) is 0. The molecule has 0 heterocycles. The number of rotatable bonds is 3. The molecular formula is C7H11NO2. The number of hydrogen-bond donors (Lipinski definition) is 2. The van der Waals surface area contributed by atoms with Crippen molar-refractivity contribution in [2.45, 2.75) is 13.8 Å². The quantitative estimate of drug-likeness (QED) is 0.578. The molecule has 0 fully saturated rings. The fourth-order valence-electron chi connectivity index (χ4n) is 0.364. The first-order valence-electron chi connectivity index (χ1n) is 2.90. The van der Waals surface area contributed by atoms with Crippen molar-refractivity contribution < 1.29 is 9.90 Å². The highest BCUT2D eigenvalue weighted by Gasteiger charge is 2.00. The molecule has 0 aromatic heterocycles. The molecule has 3 nitrogen and oxygen atoms in total. The minimum atomic E-state index is -1.03. The fraction of sp³-hybridized carbons (Fsp3) is 0.286. The Morgan fingerprint density at radius 3 is 2.50 bits per heavy atom. The van der Waals surface area contributed by atoms with E-state index in [1.807, 2.05) is 6.92 Å². The molecule has 0 aliphatic carbocycles. The molecule has 0 amide bonds. The summed E-state index contributed by atoms with van der Waals surface area (Å²) in [6, 6.07) is 0. The molecule has 0 aromatic rings. The van der Waals surface area contributed by atoms with Crippen LogP contribution < -0.4 is 5.32 Å². The SMILES string of the molecule is C=C(N/C(C)=C\C)C(=O)O. The molecular weight excluding hydrogens is 130 g/mol. The molecule has 0 bridgehead atoms. The Morgan fingerprint density at radius 2 is 2.20 bits per heavy atom. The van der Waals surface area contributed by atoms with Gasteiger partial charge in [-0.3, -0.25) is 0 Å². The van der Waals surface area contributed by atoms with Gasteiger partial charge in [0.15, 0.2) is 0 Å². The lowest BCUT2D eigenvalue weighted by atomic mass is 10.4. The van der Waals surface area contributed by atoms with Gasteiger partial charge in [0.25, 0.3) is 0 Å². The van der Waals surface area contributed by atoms with E-state index in [9.17, 15) is 4.79 Å². The van der Waals surface area contributed by atoms with Gasteiger partial charge in [-0.15, -0.1) is 0 Å². The van der Waals surface area contributed by atoms with Gasteiger partial charge in [-0.05, 0) is 13.8 Å². The largest absolute Gasteiger partial charge is 0.477 e. The number of aliphatic carboxylic acids is 1. The van der Waals surface area contributed by atoms with Crippen LogP contribution in [0.2, 0.25) is 0 Å². The predicted molar refractivity (Wildman–Crippen MR) is 39.3 cm³/mol. The number of hydrogen-bond acceptors (Lipinski definition) is 2. The summed E-state index contributed by atoms with van der Waals surface area (Å²) >= 11 is 0. The van der Waals surface area contributed by atoms with Gasteiger partial charge in [0.2, 0.25) is 0 Å². The molecule has 0 aromatic carbocycles. The highest BCUT2D eigenvalue weighted by molar-refractivity contribution is 5.85. The molecule has 0 rings (SSSR count). The zero-order valence-corrected chi connectivity index (χ0v) is 6.14. The van der Waals surface area contributed by atoms with Crippen molar-refractivity contribution in [3.63, 3.8) is 0 Å². The van der Waals surface area contributed by atoms with Crippen LogP contribution in [0.1, 0.15) is 13.8 Å². The second-order valence-electron chi connectivity index (χ2n) is 1.88. The zero-order chi connectivity index (χ0) is 8.15. The van der Waals surface area contributed by atoms with Crippen molar-refractivity contribution in [3.05, 3.63) is 24.0 Å². The third-order valence-electron chi connectivity index (χ3n) is 1.04. The first kappa shape index (κ1) is 8.75. The number of allylic oxidation sites excluding steroid dienone is 2. The second-order valence-corrected chi connectivity index (χ2v) is 1.88. The molecule has 2 N–H and O–H groups in total. The lowest BCUT2D eigenvalue weighted by molar-refractivity contribution is -0.132. The van der Waals surface area contributed by atoms with Crippen LogP contribution in [0.3, 0.4) is 0 Å². The average Bonchev–Trinajstić information content (AvgIpc) is 1.87. The standard InChI is InChI=1S/C7H11NO2/c1-4-5(2)8-6(3)7(9)10/h4,8H,3H2,1-2H3,(H,9,10)/b5-4-. The Kier molecular flexibility index (Phi) is 3.25. The van der Waals surface area contributed by atoms with E-state index < -0.39 is 5.97 Å². The third-order valence-corrected chi connectivity index (χ3v) is 1.04. The normalized spacial score (nSPS) is 10.8. The molecule has 0 aliphatic heterocycles. The fourth-order valence-corrected chi connectivity index (χ4v) is 0.364. The van der Waals surface area contributed by atoms with Crippen LogP contribution in [0.4, 0.5) is 0 Å². The minimum Gasteiger partial charge on any atom is -0.477 e. The highest BCUT2D eigenvalue weighted by Crippen LogP contribution is 1.91. The van der Waals surface area contributed by atoms with Crippen LogP contribution in [-0.4, -0.2) is 11.1 Å². The number of carboxylic acid groups (broad SMARTS) is 1. The Balaban J connectivity index is 3.93. The highest BCUT2D eigenvalue weighted by atomic mass is 16.4. The van der Waals surface area contributed by atoms with E-state index in [0.717, 1.165) is 5.70 Å². The molecule has 0 saturated carbocycles. The van der Waals surface area contributed by atoms with Crippen LogP contribution in [0.25, 0.3) is 0 Å². The maximum atomic E-state index is 10.2. The molecule has 0 unspecified atom stereocenters. The Labute approximate surface area is 60.1 Å². The van der Waals surface area contributed by atoms with E-state index >= 15 is 0 Å². The molecule has 0 atom stereocenters. The van der Waals surface area contributed by atoms with E-state index in [0.29, 0.717) is 0 Å². The van der Waals surface area contributed by atoms with Crippen molar-refractivity contribution >= 4 is 5.97 Å². The topological polar surface area (TPSA) is 49.3 Å². The van der Waals surface area contributed by atoms with E-state index in [2.05, 4.69) is 11.9 Å². The molecule has 0 saturated heterocycles. The van der Waals surface area contributed by atoms with Crippen molar-refractivity contribution in [1.82, 2.24) is 5.32 Å². The summed E-state index contributed by atoms with van der Waals surface area (Å²) < 4.78 is 0. The Hall–Kier alpha value is -1.25. The van der Waals surface area contributed by atoms with Gasteiger partial charge in [0, 0.05) is 5.70 Å². The van der Waals surface area contributed by atoms with Gasteiger partial charge in [0.05, 0.1) is 0 Å². The second kappa shape index (κ2) is 3.71. The Bertz CT molecular complexity index is 182. The van der Waals surface area contributed by atoms with Crippen LogP contribution in [0.5, 0.6) is 0 Å². The van der Waals surface area contributed by atoms with Crippen LogP contribution in [0.15, 0.2) is 24.0 Å². The van der Waals surface area contributed by atoms with E-state index in [-0.39, 0.29) is 5.70 Å². The molecule has 3 heteroatoms. The van der Waals surface area contributed by atoms with E-state index in [1.165, 1.54) is 0 Å². The summed E-state index contributed by atoms with van der Waals surface area (Å²) in [4.78, 5) is 10.2. The number of nitrogens with one attached hydrogen (secondary N) is 1. The van der Waals surface area contributed by atoms with Gasteiger partial charge in [0.1, 0.15) is 5.70 Å². The summed E-state index contributed by atoms with van der Waals surface area (Å²) in [5.41, 5.74) is 0.781. The molecule has 56 valence electrons. The van der Waals surface area contributed by atoms with Crippen LogP contribution >= 0.6 is 0 Å². The van der Waals surface area contributed by atoms with Crippen molar-refractivity contribution in [1.29, 1.82) is 0 Å². The maximum absolute atomic E-state index is 10.2.